The lowest BCUT2D eigenvalue weighted by Gasteiger charge is -2.33. The quantitative estimate of drug-likeness (QED) is 0.702. The molecule has 146 valence electrons. The highest BCUT2D eigenvalue weighted by molar-refractivity contribution is 5.97. The molecule has 0 aliphatic carbocycles. The van der Waals surface area contributed by atoms with Crippen LogP contribution in [0.15, 0.2) is 47.1 Å². The second kappa shape index (κ2) is 7.50. The van der Waals surface area contributed by atoms with Gasteiger partial charge in [-0.05, 0) is 53.5 Å². The molecule has 1 saturated heterocycles. The number of aromatic nitrogens is 2. The van der Waals surface area contributed by atoms with Gasteiger partial charge in [0.1, 0.15) is 0 Å². The van der Waals surface area contributed by atoms with Gasteiger partial charge in [-0.3, -0.25) is 9.42 Å². The van der Waals surface area contributed by atoms with Gasteiger partial charge in [-0.25, -0.2) is 0 Å². The maximum absolute atomic E-state index is 12.9. The number of amides is 1. The molecule has 2 heterocycles. The van der Waals surface area contributed by atoms with E-state index >= 15 is 0 Å². The normalized spacial score (nSPS) is 17.2. The van der Waals surface area contributed by atoms with Gasteiger partial charge in [0, 0.05) is 41.6 Å². The molecule has 0 unspecified atom stereocenters. The molecule has 3 aromatic rings. The fraction of sp³-hybridized carbons (Fsp3) is 0.381. The first kappa shape index (κ1) is 18.3. The van der Waals surface area contributed by atoms with E-state index in [2.05, 4.69) is 53.2 Å². The van der Waals surface area contributed by atoms with Crippen molar-refractivity contribution in [2.75, 3.05) is 18.4 Å². The predicted molar refractivity (Wildman–Crippen MR) is 106 cm³/mol. The van der Waals surface area contributed by atoms with E-state index in [1.807, 2.05) is 4.90 Å². The molecule has 1 aliphatic heterocycles. The number of nitrogens with one attached hydrogen (secondary N) is 1. The lowest BCUT2D eigenvalue weighted by molar-refractivity contribution is -0.782. The molecule has 0 saturated carbocycles. The molecule has 1 atom stereocenters. The number of carbonyl (C=O) groups excluding carboxylic acids is 1. The average Bonchev–Trinajstić information content (AvgIpc) is 3.08. The molecule has 0 bridgehead atoms. The Morgan fingerprint density at radius 3 is 2.82 bits per heavy atom. The molecule has 7 heteroatoms. The van der Waals surface area contributed by atoms with Crippen molar-refractivity contribution in [3.63, 3.8) is 0 Å². The summed E-state index contributed by atoms with van der Waals surface area (Å²) in [7, 11) is 0. The second-order valence-corrected chi connectivity index (χ2v) is 7.64. The van der Waals surface area contributed by atoms with Crippen molar-refractivity contribution in [1.82, 2.24) is 10.1 Å². The number of carbonyl (C=O) groups is 1. The Morgan fingerprint density at radius 1 is 1.29 bits per heavy atom. The summed E-state index contributed by atoms with van der Waals surface area (Å²) in [5.74, 6) is 0.457. The molecule has 1 aromatic heterocycles. The van der Waals surface area contributed by atoms with E-state index in [9.17, 15) is 10.0 Å². The van der Waals surface area contributed by atoms with Crippen molar-refractivity contribution in [2.45, 2.75) is 38.6 Å². The smallest absolute Gasteiger partial charge is 0.254 e. The molecule has 1 fully saturated rings. The zero-order valence-electron chi connectivity index (χ0n) is 16.1. The fourth-order valence-electron chi connectivity index (χ4n) is 3.67. The number of likely N-dealkylation sites (tertiary alicyclic amines) is 1. The van der Waals surface area contributed by atoms with Crippen LogP contribution in [0.2, 0.25) is 0 Å². The first-order chi connectivity index (χ1) is 13.5. The molecule has 4 rings (SSSR count). The van der Waals surface area contributed by atoms with Crippen molar-refractivity contribution in [1.29, 1.82) is 0 Å². The van der Waals surface area contributed by atoms with Gasteiger partial charge in [-0.2, -0.15) is 0 Å². The maximum atomic E-state index is 12.9. The van der Waals surface area contributed by atoms with Gasteiger partial charge in [0.25, 0.3) is 5.91 Å². The van der Waals surface area contributed by atoms with E-state index in [0.717, 1.165) is 25.1 Å². The molecule has 28 heavy (non-hydrogen) atoms. The van der Waals surface area contributed by atoms with Gasteiger partial charge >= 0.3 is 0 Å². The van der Waals surface area contributed by atoms with Crippen molar-refractivity contribution in [2.24, 2.45) is 0 Å². The number of hydrogen-bond donors (Lipinski definition) is 1. The molecule has 0 spiro atoms. The second-order valence-electron chi connectivity index (χ2n) is 7.64. The predicted octanol–water partition coefficient (Wildman–Crippen LogP) is 3.30. The Morgan fingerprint density at radius 2 is 2.07 bits per heavy atom. The first-order valence-electron chi connectivity index (χ1n) is 9.66. The van der Waals surface area contributed by atoms with Gasteiger partial charge in [-0.15, -0.1) is 0 Å². The minimum Gasteiger partial charge on any atom is -0.381 e. The Hall–Kier alpha value is -3.09. The van der Waals surface area contributed by atoms with Crippen molar-refractivity contribution < 1.29 is 14.3 Å². The van der Waals surface area contributed by atoms with Gasteiger partial charge in [0.15, 0.2) is 0 Å². The van der Waals surface area contributed by atoms with Crippen LogP contribution < -0.4 is 10.2 Å². The fourth-order valence-corrected chi connectivity index (χ4v) is 3.67. The molecule has 7 nitrogen and oxygen atoms in total. The number of benzene rings is 2. The number of piperidine rings is 1. The number of fused-ring (bicyclic) bond motifs is 1. The lowest BCUT2D eigenvalue weighted by Crippen LogP contribution is -2.45. The summed E-state index contributed by atoms with van der Waals surface area (Å²) >= 11 is 0. The zero-order chi connectivity index (χ0) is 19.7. The largest absolute Gasteiger partial charge is 0.381 e. The van der Waals surface area contributed by atoms with Crippen LogP contribution in [0.25, 0.3) is 11.0 Å². The summed E-state index contributed by atoms with van der Waals surface area (Å²) in [5.41, 5.74) is 3.61. The van der Waals surface area contributed by atoms with Crippen molar-refractivity contribution >= 4 is 22.6 Å². The van der Waals surface area contributed by atoms with Crippen LogP contribution in [0.1, 0.15) is 48.5 Å². The van der Waals surface area contributed by atoms with E-state index in [1.165, 1.54) is 5.56 Å². The summed E-state index contributed by atoms with van der Waals surface area (Å²) in [4.78, 5) is 15.1. The average molecular weight is 380 g/mol. The highest BCUT2D eigenvalue weighted by atomic mass is 16.8. The molecule has 2 aromatic carbocycles. The monoisotopic (exact) mass is 380 g/mol. The number of rotatable bonds is 4. The van der Waals surface area contributed by atoms with Crippen LogP contribution in [-0.2, 0) is 0 Å². The van der Waals surface area contributed by atoms with Crippen molar-refractivity contribution in [3.8, 4) is 0 Å². The first-order valence-corrected chi connectivity index (χ1v) is 9.66. The maximum Gasteiger partial charge on any atom is 0.254 e. The molecular formula is C21H24N4O3. The Bertz CT molecular complexity index is 981. The highest BCUT2D eigenvalue weighted by Crippen LogP contribution is 2.21. The van der Waals surface area contributed by atoms with E-state index < -0.39 is 0 Å². The van der Waals surface area contributed by atoms with Crippen LogP contribution in [0.3, 0.4) is 0 Å². The standard InChI is InChI=1S/C21H24N4O3/c1-14(2)15-5-8-17(9-6-15)22-18-4-3-11-24(13-18)21(26)16-7-10-20-19(12-16)23-28-25(20)27/h5-10,12,14,18,22H,3-4,11,13H2,1-2H3/t18-/m0/s1. The third kappa shape index (κ3) is 3.65. The topological polar surface area (TPSA) is 85.3 Å². The molecule has 1 aliphatic rings. The van der Waals surface area contributed by atoms with Crippen LogP contribution in [0, 0.1) is 5.21 Å². The zero-order valence-corrected chi connectivity index (χ0v) is 16.1. The van der Waals surface area contributed by atoms with Crippen LogP contribution in [0.4, 0.5) is 5.69 Å². The summed E-state index contributed by atoms with van der Waals surface area (Å²) < 4.78 is 4.58. The minimum absolute atomic E-state index is 0.0518. The van der Waals surface area contributed by atoms with Gasteiger partial charge < -0.3 is 15.4 Å². The Kier molecular flexibility index (Phi) is 4.90. The minimum atomic E-state index is -0.0518. The molecule has 1 N–H and O–H groups in total. The van der Waals surface area contributed by atoms with E-state index in [4.69, 9.17) is 0 Å². The van der Waals surface area contributed by atoms with Crippen LogP contribution in [0.5, 0.6) is 0 Å². The summed E-state index contributed by atoms with van der Waals surface area (Å²) in [6.45, 7) is 5.73. The van der Waals surface area contributed by atoms with E-state index in [0.29, 0.717) is 34.0 Å². The van der Waals surface area contributed by atoms with Gasteiger partial charge in [0.2, 0.25) is 11.0 Å². The summed E-state index contributed by atoms with van der Waals surface area (Å²) in [6, 6.07) is 13.5. The number of hydrogen-bond acceptors (Lipinski definition) is 5. The van der Waals surface area contributed by atoms with Gasteiger partial charge in [-0.1, -0.05) is 26.0 Å². The third-order valence-electron chi connectivity index (χ3n) is 5.29. The Labute approximate surface area is 163 Å². The van der Waals surface area contributed by atoms with E-state index in [-0.39, 0.29) is 11.9 Å². The third-order valence-corrected chi connectivity index (χ3v) is 5.29. The van der Waals surface area contributed by atoms with Gasteiger partial charge in [0.05, 0.1) is 0 Å². The van der Waals surface area contributed by atoms with E-state index in [1.54, 1.807) is 18.2 Å². The molecular weight excluding hydrogens is 356 g/mol. The Balaban J connectivity index is 1.44. The molecule has 0 radical (unpaired) electrons. The number of nitrogens with zero attached hydrogens (tertiary/aromatic N) is 3. The SMILES string of the molecule is CC(C)c1ccc(N[C@H]2CCCN(C(=O)c3ccc4c(c3)no[n+]4[O-])C2)cc1. The number of anilines is 1. The van der Waals surface area contributed by atoms with Crippen LogP contribution in [-0.4, -0.2) is 35.1 Å². The summed E-state index contributed by atoms with van der Waals surface area (Å²) in [5, 5.41) is 18.7. The van der Waals surface area contributed by atoms with Crippen molar-refractivity contribution in [3.05, 3.63) is 58.8 Å². The lowest BCUT2D eigenvalue weighted by atomic mass is 10.0. The van der Waals surface area contributed by atoms with Crippen LogP contribution >= 0.6 is 0 Å². The highest BCUT2D eigenvalue weighted by Gasteiger charge is 2.25. The molecule has 1 amide bonds. The summed E-state index contributed by atoms with van der Waals surface area (Å²) in [6.07, 6.45) is 1.97.